The Labute approximate surface area is 240 Å². The molecular formula is C31H19ClF5N3O2. The van der Waals surface area contributed by atoms with Crippen LogP contribution in [0.15, 0.2) is 79.0 Å². The second-order valence-electron chi connectivity index (χ2n) is 9.94. The van der Waals surface area contributed by atoms with Gasteiger partial charge in [-0.1, -0.05) is 17.7 Å². The maximum Gasteiger partial charge on any atom is 0.416 e. The quantitative estimate of drug-likeness (QED) is 0.208. The molecule has 1 unspecified atom stereocenters. The highest BCUT2D eigenvalue weighted by Crippen LogP contribution is 2.42. The number of rotatable bonds is 4. The van der Waals surface area contributed by atoms with Crippen LogP contribution in [0.2, 0.25) is 5.02 Å². The normalized spacial score (nSPS) is 14.6. The second-order valence-corrected chi connectivity index (χ2v) is 10.3. The topological polar surface area (TPSA) is 63.1 Å². The summed E-state index contributed by atoms with van der Waals surface area (Å²) in [5.41, 5.74) is 0.912. The largest absolute Gasteiger partial charge is 0.416 e. The van der Waals surface area contributed by atoms with Crippen molar-refractivity contribution in [3.05, 3.63) is 123 Å². The van der Waals surface area contributed by atoms with E-state index in [1.165, 1.54) is 6.07 Å². The van der Waals surface area contributed by atoms with E-state index in [0.717, 1.165) is 23.0 Å². The van der Waals surface area contributed by atoms with E-state index >= 15 is 0 Å². The molecule has 1 aliphatic rings. The highest BCUT2D eigenvalue weighted by Gasteiger charge is 2.36. The van der Waals surface area contributed by atoms with E-state index in [-0.39, 0.29) is 27.4 Å². The molecule has 5 nitrogen and oxygen atoms in total. The van der Waals surface area contributed by atoms with E-state index in [0.29, 0.717) is 29.3 Å². The van der Waals surface area contributed by atoms with Gasteiger partial charge in [0, 0.05) is 57.1 Å². The monoisotopic (exact) mass is 595 g/mol. The van der Waals surface area contributed by atoms with E-state index in [1.54, 1.807) is 12.1 Å². The van der Waals surface area contributed by atoms with Gasteiger partial charge in [0.05, 0.1) is 11.6 Å². The average Bonchev–Trinajstić information content (AvgIpc) is 3.48. The number of carbonyl (C=O) groups excluding carboxylic acids is 2. The molecule has 5 aromatic rings. The minimum atomic E-state index is -4.88. The minimum Gasteiger partial charge on any atom is -0.351 e. The van der Waals surface area contributed by atoms with Crippen LogP contribution in [0.1, 0.15) is 43.4 Å². The highest BCUT2D eigenvalue weighted by molar-refractivity contribution is 6.31. The Bertz CT molecular complexity index is 1930. The van der Waals surface area contributed by atoms with Gasteiger partial charge < -0.3 is 15.2 Å². The first-order valence-electron chi connectivity index (χ1n) is 12.6. The molecular weight excluding hydrogens is 577 g/mol. The van der Waals surface area contributed by atoms with Crippen LogP contribution in [0.25, 0.3) is 22.0 Å². The summed E-state index contributed by atoms with van der Waals surface area (Å²) < 4.78 is 70.3. The van der Waals surface area contributed by atoms with E-state index in [4.69, 9.17) is 11.6 Å². The molecule has 6 rings (SSSR count). The lowest BCUT2D eigenvalue weighted by Crippen LogP contribution is -2.21. The van der Waals surface area contributed by atoms with Crippen LogP contribution in [-0.4, -0.2) is 16.4 Å². The number of anilines is 1. The van der Waals surface area contributed by atoms with Gasteiger partial charge in [0.15, 0.2) is 0 Å². The van der Waals surface area contributed by atoms with Crippen molar-refractivity contribution in [2.45, 2.75) is 12.2 Å². The number of hydrogen-bond donors (Lipinski definition) is 2. The number of amides is 2. The number of aromatic nitrogens is 1. The number of nitrogens with one attached hydrogen (secondary N) is 2. The number of carbonyl (C=O) groups is 2. The van der Waals surface area contributed by atoms with Crippen molar-refractivity contribution in [2.24, 2.45) is 7.05 Å². The number of aryl methyl sites for hydroxylation is 1. The van der Waals surface area contributed by atoms with Crippen LogP contribution < -0.4 is 10.6 Å². The summed E-state index contributed by atoms with van der Waals surface area (Å²) in [6.45, 7) is 0. The van der Waals surface area contributed by atoms with Gasteiger partial charge in [-0.3, -0.25) is 9.59 Å². The summed E-state index contributed by atoms with van der Waals surface area (Å²) in [7, 11) is 1.89. The van der Waals surface area contributed by atoms with Crippen LogP contribution in [0.4, 0.5) is 27.6 Å². The molecule has 0 aliphatic carbocycles. The fourth-order valence-electron chi connectivity index (χ4n) is 5.21. The Kier molecular flexibility index (Phi) is 6.53. The summed E-state index contributed by atoms with van der Waals surface area (Å²) in [5, 5.41) is 6.37. The van der Waals surface area contributed by atoms with Crippen molar-refractivity contribution in [2.75, 3.05) is 5.32 Å². The van der Waals surface area contributed by atoms with Crippen molar-refractivity contribution in [3.63, 3.8) is 0 Å². The smallest absolute Gasteiger partial charge is 0.351 e. The van der Waals surface area contributed by atoms with E-state index in [1.807, 2.05) is 42.1 Å². The molecule has 2 amide bonds. The summed E-state index contributed by atoms with van der Waals surface area (Å²) in [6.07, 6.45) is -3.00. The number of nitrogens with zero attached hydrogens (tertiary/aromatic N) is 1. The first-order chi connectivity index (χ1) is 19.9. The molecule has 4 aromatic carbocycles. The molecule has 0 spiro atoms. The fourth-order valence-corrected chi connectivity index (χ4v) is 5.44. The fraction of sp³-hybridized carbons (Fsp3) is 0.0968. The Balaban J connectivity index is 1.51. The lowest BCUT2D eigenvalue weighted by atomic mass is 9.92. The zero-order valence-electron chi connectivity index (χ0n) is 21.6. The maximum absolute atomic E-state index is 14.2. The lowest BCUT2D eigenvalue weighted by molar-refractivity contribution is -0.137. The molecule has 11 heteroatoms. The summed E-state index contributed by atoms with van der Waals surface area (Å²) in [6, 6.07) is 14.8. The molecule has 0 bridgehead atoms. The number of halogens is 6. The van der Waals surface area contributed by atoms with Crippen molar-refractivity contribution >= 4 is 40.0 Å². The Morgan fingerprint density at radius 2 is 1.71 bits per heavy atom. The summed E-state index contributed by atoms with van der Waals surface area (Å²) in [5.74, 6) is -3.43. The van der Waals surface area contributed by atoms with Gasteiger partial charge in [0.25, 0.3) is 11.8 Å². The SMILES string of the molecule is Cn1ccc2cc(-c3cc(NC(=O)c4cc(F)cc(C(F)(F)F)c4)c4c(c3)C(=O)NC4c3cc(F)ccc3Cl)ccc21. The van der Waals surface area contributed by atoms with Crippen LogP contribution in [0.3, 0.4) is 0 Å². The number of benzene rings is 4. The zero-order valence-corrected chi connectivity index (χ0v) is 22.4. The highest BCUT2D eigenvalue weighted by atomic mass is 35.5. The van der Waals surface area contributed by atoms with Crippen molar-refractivity contribution < 1.29 is 31.5 Å². The van der Waals surface area contributed by atoms with Crippen molar-refractivity contribution in [1.29, 1.82) is 0 Å². The molecule has 0 radical (unpaired) electrons. The van der Waals surface area contributed by atoms with Gasteiger partial charge >= 0.3 is 6.18 Å². The predicted octanol–water partition coefficient (Wildman–Crippen LogP) is 7.88. The Morgan fingerprint density at radius 1 is 0.929 bits per heavy atom. The molecule has 1 aromatic heterocycles. The van der Waals surface area contributed by atoms with Crippen LogP contribution in [0.5, 0.6) is 0 Å². The van der Waals surface area contributed by atoms with Gasteiger partial charge in [-0.25, -0.2) is 8.78 Å². The van der Waals surface area contributed by atoms with E-state index < -0.39 is 46.8 Å². The van der Waals surface area contributed by atoms with Gasteiger partial charge in [-0.2, -0.15) is 13.2 Å². The first-order valence-corrected chi connectivity index (χ1v) is 12.9. The van der Waals surface area contributed by atoms with Crippen molar-refractivity contribution in [3.8, 4) is 11.1 Å². The molecule has 0 saturated heterocycles. The minimum absolute atomic E-state index is 0.0576. The number of alkyl halides is 3. The predicted molar refractivity (Wildman–Crippen MR) is 148 cm³/mol. The van der Waals surface area contributed by atoms with Gasteiger partial charge in [0.2, 0.25) is 0 Å². The number of hydrogen-bond acceptors (Lipinski definition) is 2. The van der Waals surface area contributed by atoms with E-state index in [9.17, 15) is 31.5 Å². The van der Waals surface area contributed by atoms with Crippen molar-refractivity contribution in [1.82, 2.24) is 9.88 Å². The molecule has 42 heavy (non-hydrogen) atoms. The second kappa shape index (κ2) is 9.99. The number of fused-ring (bicyclic) bond motifs is 2. The first kappa shape index (κ1) is 27.5. The van der Waals surface area contributed by atoms with E-state index in [2.05, 4.69) is 10.6 Å². The van der Waals surface area contributed by atoms with Crippen LogP contribution in [0, 0.1) is 11.6 Å². The van der Waals surface area contributed by atoms with Crippen LogP contribution >= 0.6 is 11.6 Å². The molecule has 2 heterocycles. The molecule has 1 atom stereocenters. The standard InChI is InChI=1S/C31H19ClF5N3O2/c1-40-7-6-16-8-15(2-5-26(16)40)17-11-23-27(28(39-30(23)42)22-14-20(33)3-4-24(22)32)25(12-17)38-29(41)18-9-19(31(35,36)37)13-21(34)10-18/h2-14,28H,1H3,(H,38,41)(H,39,42). The van der Waals surface area contributed by atoms with Gasteiger partial charge in [-0.15, -0.1) is 0 Å². The summed E-state index contributed by atoms with van der Waals surface area (Å²) in [4.78, 5) is 26.5. The molecule has 1 aliphatic heterocycles. The lowest BCUT2D eigenvalue weighted by Gasteiger charge is -2.19. The third kappa shape index (κ3) is 4.87. The maximum atomic E-state index is 14.2. The van der Waals surface area contributed by atoms with Gasteiger partial charge in [0.1, 0.15) is 11.6 Å². The Morgan fingerprint density at radius 3 is 2.48 bits per heavy atom. The molecule has 0 saturated carbocycles. The zero-order chi connectivity index (χ0) is 29.9. The average molecular weight is 596 g/mol. The summed E-state index contributed by atoms with van der Waals surface area (Å²) >= 11 is 6.35. The Hall–Kier alpha value is -4.70. The molecule has 0 fully saturated rings. The third-order valence-corrected chi connectivity index (χ3v) is 7.56. The van der Waals surface area contributed by atoms with Gasteiger partial charge in [-0.05, 0) is 77.9 Å². The molecule has 2 N–H and O–H groups in total. The third-order valence-electron chi connectivity index (χ3n) is 7.21. The van der Waals surface area contributed by atoms with Crippen LogP contribution in [-0.2, 0) is 13.2 Å². The molecule has 212 valence electrons.